The van der Waals surface area contributed by atoms with Gasteiger partial charge in [0.25, 0.3) is 0 Å². The summed E-state index contributed by atoms with van der Waals surface area (Å²) in [5.74, 6) is 0.352. The lowest BCUT2D eigenvalue weighted by molar-refractivity contribution is -0.126. The standard InChI is InChI=1S/C18H35N3O4S/c1-4-15(5-2)17(20-10-12-25-13-11-20)14-19-18(22)16-8-6-7-9-21(16)26(3,23)24/h15-17H,4-14H2,1-3H3,(H,19,22). The summed E-state index contributed by atoms with van der Waals surface area (Å²) < 4.78 is 30.9. The van der Waals surface area contributed by atoms with Gasteiger partial charge in [-0.3, -0.25) is 9.69 Å². The van der Waals surface area contributed by atoms with Crippen LogP contribution in [0, 0.1) is 5.92 Å². The van der Waals surface area contributed by atoms with Gasteiger partial charge in [-0.1, -0.05) is 33.1 Å². The Hall–Kier alpha value is -0.700. The van der Waals surface area contributed by atoms with Crippen LogP contribution in [0.15, 0.2) is 0 Å². The Kier molecular flexibility index (Phi) is 8.32. The number of nitrogens with one attached hydrogen (secondary N) is 1. The summed E-state index contributed by atoms with van der Waals surface area (Å²) in [6, 6.07) is -0.293. The summed E-state index contributed by atoms with van der Waals surface area (Å²) in [4.78, 5) is 15.2. The molecular formula is C18H35N3O4S. The van der Waals surface area contributed by atoms with Gasteiger partial charge in [0.1, 0.15) is 6.04 Å². The average Bonchev–Trinajstić information content (AvgIpc) is 2.65. The van der Waals surface area contributed by atoms with Crippen molar-refractivity contribution in [3.8, 4) is 0 Å². The van der Waals surface area contributed by atoms with Crippen LogP contribution in [-0.4, -0.2) is 81.3 Å². The van der Waals surface area contributed by atoms with Gasteiger partial charge in [0.2, 0.25) is 15.9 Å². The zero-order chi connectivity index (χ0) is 19.2. The first kappa shape index (κ1) is 21.6. The van der Waals surface area contributed by atoms with E-state index >= 15 is 0 Å². The van der Waals surface area contributed by atoms with Crippen LogP contribution in [0.5, 0.6) is 0 Å². The molecule has 152 valence electrons. The maximum atomic E-state index is 12.8. The molecule has 2 rings (SSSR count). The molecular weight excluding hydrogens is 354 g/mol. The predicted octanol–water partition coefficient (Wildman–Crippen LogP) is 1.05. The first-order valence-electron chi connectivity index (χ1n) is 9.94. The summed E-state index contributed by atoms with van der Waals surface area (Å²) >= 11 is 0. The highest BCUT2D eigenvalue weighted by atomic mass is 32.2. The van der Waals surface area contributed by atoms with Crippen molar-refractivity contribution >= 4 is 15.9 Å². The van der Waals surface area contributed by atoms with E-state index in [1.807, 2.05) is 0 Å². The lowest BCUT2D eigenvalue weighted by atomic mass is 9.92. The number of carbonyl (C=O) groups is 1. The highest BCUT2D eigenvalue weighted by molar-refractivity contribution is 7.88. The van der Waals surface area contributed by atoms with Gasteiger partial charge in [-0.05, 0) is 18.8 Å². The number of rotatable bonds is 8. The first-order chi connectivity index (χ1) is 12.4. The van der Waals surface area contributed by atoms with E-state index in [9.17, 15) is 13.2 Å². The van der Waals surface area contributed by atoms with Gasteiger partial charge >= 0.3 is 0 Å². The number of sulfonamides is 1. The molecule has 2 aliphatic rings. The Morgan fingerprint density at radius 1 is 1.15 bits per heavy atom. The molecule has 8 heteroatoms. The van der Waals surface area contributed by atoms with Crippen molar-refractivity contribution in [3.63, 3.8) is 0 Å². The summed E-state index contributed by atoms with van der Waals surface area (Å²) in [5.41, 5.74) is 0. The molecule has 2 atom stereocenters. The van der Waals surface area contributed by atoms with E-state index in [4.69, 9.17) is 4.74 Å². The number of carbonyl (C=O) groups excluding carboxylic acids is 1. The molecule has 26 heavy (non-hydrogen) atoms. The number of piperidine rings is 1. The van der Waals surface area contributed by atoms with E-state index in [1.54, 1.807) is 0 Å². The second kappa shape index (κ2) is 10.0. The van der Waals surface area contributed by atoms with E-state index in [-0.39, 0.29) is 11.9 Å². The molecule has 0 aromatic carbocycles. The molecule has 0 aromatic heterocycles. The van der Waals surface area contributed by atoms with Gasteiger partial charge in [-0.25, -0.2) is 8.42 Å². The largest absolute Gasteiger partial charge is 0.379 e. The second-order valence-electron chi connectivity index (χ2n) is 7.42. The Balaban J connectivity index is 2.02. The minimum absolute atomic E-state index is 0.153. The van der Waals surface area contributed by atoms with Gasteiger partial charge in [0, 0.05) is 32.2 Å². The maximum Gasteiger partial charge on any atom is 0.238 e. The molecule has 0 aromatic rings. The second-order valence-corrected chi connectivity index (χ2v) is 9.36. The molecule has 0 bridgehead atoms. The van der Waals surface area contributed by atoms with E-state index in [2.05, 4.69) is 24.1 Å². The number of amides is 1. The molecule has 2 heterocycles. The highest BCUT2D eigenvalue weighted by Crippen LogP contribution is 2.22. The van der Waals surface area contributed by atoms with Crippen molar-refractivity contribution in [2.24, 2.45) is 5.92 Å². The SMILES string of the molecule is CCC(CC)C(CNC(=O)C1CCCCN1S(C)(=O)=O)N1CCOCC1. The van der Waals surface area contributed by atoms with Crippen LogP contribution < -0.4 is 5.32 Å². The van der Waals surface area contributed by atoms with E-state index in [1.165, 1.54) is 10.6 Å². The first-order valence-corrected chi connectivity index (χ1v) is 11.8. The molecule has 7 nitrogen and oxygen atoms in total. The molecule has 1 amide bonds. The molecule has 2 aliphatic heterocycles. The fraction of sp³-hybridized carbons (Fsp3) is 0.944. The zero-order valence-corrected chi connectivity index (χ0v) is 17.3. The number of hydrogen-bond acceptors (Lipinski definition) is 5. The normalized spacial score (nSPS) is 24.5. The minimum atomic E-state index is -3.36. The lowest BCUT2D eigenvalue weighted by Crippen LogP contribution is -2.56. The molecule has 0 spiro atoms. The molecule has 1 N–H and O–H groups in total. The summed E-state index contributed by atoms with van der Waals surface area (Å²) in [7, 11) is -3.36. The number of morpholine rings is 1. The summed E-state index contributed by atoms with van der Waals surface area (Å²) in [6.45, 7) is 8.62. The van der Waals surface area contributed by atoms with Crippen LogP contribution in [0.3, 0.4) is 0 Å². The number of hydrogen-bond donors (Lipinski definition) is 1. The zero-order valence-electron chi connectivity index (χ0n) is 16.4. The minimum Gasteiger partial charge on any atom is -0.379 e. The molecule has 2 fully saturated rings. The molecule has 0 radical (unpaired) electrons. The fourth-order valence-corrected chi connectivity index (χ4v) is 5.35. The Morgan fingerprint density at radius 2 is 1.81 bits per heavy atom. The van der Waals surface area contributed by atoms with Crippen molar-refractivity contribution in [1.82, 2.24) is 14.5 Å². The van der Waals surface area contributed by atoms with Crippen molar-refractivity contribution in [3.05, 3.63) is 0 Å². The van der Waals surface area contributed by atoms with E-state index < -0.39 is 16.1 Å². The summed E-state index contributed by atoms with van der Waals surface area (Å²) in [6.07, 6.45) is 5.64. The van der Waals surface area contributed by atoms with Crippen molar-refractivity contribution in [2.75, 3.05) is 45.6 Å². The van der Waals surface area contributed by atoms with Gasteiger partial charge in [-0.2, -0.15) is 4.31 Å². The smallest absolute Gasteiger partial charge is 0.238 e. The molecule has 0 aliphatic carbocycles. The van der Waals surface area contributed by atoms with E-state index in [0.29, 0.717) is 25.4 Å². The Labute approximate surface area is 158 Å². The van der Waals surface area contributed by atoms with Gasteiger partial charge in [-0.15, -0.1) is 0 Å². The van der Waals surface area contributed by atoms with Crippen LogP contribution >= 0.6 is 0 Å². The quantitative estimate of drug-likeness (QED) is 0.671. The third kappa shape index (κ3) is 5.65. The van der Waals surface area contributed by atoms with Crippen molar-refractivity contribution < 1.29 is 17.9 Å². The van der Waals surface area contributed by atoms with Crippen LogP contribution in [0.2, 0.25) is 0 Å². The topological polar surface area (TPSA) is 79.0 Å². The van der Waals surface area contributed by atoms with Gasteiger partial charge < -0.3 is 10.1 Å². The third-order valence-electron chi connectivity index (χ3n) is 5.78. The molecule has 2 saturated heterocycles. The maximum absolute atomic E-state index is 12.8. The average molecular weight is 390 g/mol. The van der Waals surface area contributed by atoms with Crippen molar-refractivity contribution in [1.29, 1.82) is 0 Å². The Morgan fingerprint density at radius 3 is 2.38 bits per heavy atom. The van der Waals surface area contributed by atoms with E-state index in [0.717, 1.165) is 52.0 Å². The monoisotopic (exact) mass is 389 g/mol. The Bertz CT molecular complexity index is 545. The van der Waals surface area contributed by atoms with Crippen molar-refractivity contribution in [2.45, 2.75) is 58.0 Å². The lowest BCUT2D eigenvalue weighted by Gasteiger charge is -2.39. The summed E-state index contributed by atoms with van der Waals surface area (Å²) in [5, 5.41) is 3.07. The van der Waals surface area contributed by atoms with Crippen LogP contribution in [0.4, 0.5) is 0 Å². The van der Waals surface area contributed by atoms with Crippen LogP contribution in [0.1, 0.15) is 46.0 Å². The number of ether oxygens (including phenoxy) is 1. The highest BCUT2D eigenvalue weighted by Gasteiger charge is 2.35. The fourth-order valence-electron chi connectivity index (χ4n) is 4.22. The molecule has 2 unspecified atom stereocenters. The van der Waals surface area contributed by atoms with Crippen LogP contribution in [0.25, 0.3) is 0 Å². The number of nitrogens with zero attached hydrogens (tertiary/aromatic N) is 2. The van der Waals surface area contributed by atoms with Crippen LogP contribution in [-0.2, 0) is 19.6 Å². The van der Waals surface area contributed by atoms with Gasteiger partial charge in [0.15, 0.2) is 0 Å². The predicted molar refractivity (Wildman–Crippen MR) is 102 cm³/mol. The third-order valence-corrected chi connectivity index (χ3v) is 7.06. The van der Waals surface area contributed by atoms with Gasteiger partial charge in [0.05, 0.1) is 19.5 Å². The molecule has 0 saturated carbocycles.